The van der Waals surface area contributed by atoms with Gasteiger partial charge < -0.3 is 19.6 Å². The van der Waals surface area contributed by atoms with Gasteiger partial charge in [0.15, 0.2) is 5.16 Å². The second-order valence-corrected chi connectivity index (χ2v) is 11.4. The molecule has 2 aliphatic heterocycles. The first kappa shape index (κ1) is 27.4. The first-order chi connectivity index (χ1) is 18.9. The predicted molar refractivity (Wildman–Crippen MR) is 150 cm³/mol. The standard InChI is InChI=1S/C26H32ClN7O4S/c27-22-17-23(31-11-15-33(16-12-31)25(36)19-3-1-2-4-19)29-26(28-22)39-18-24(35)32-13-9-30(10-14-32)20-5-7-21(8-6-20)34(37)38/h5-8,17,19H,1-4,9-16,18H2. The molecule has 208 valence electrons. The SMILES string of the molecule is O=C(CSc1nc(Cl)cc(N2CCN(C(=O)C3CCCC3)CC2)n1)N1CCN(c2ccc([N+](=O)[O-])cc2)CC1. The van der Waals surface area contributed by atoms with Gasteiger partial charge in [0.1, 0.15) is 11.0 Å². The van der Waals surface area contributed by atoms with Gasteiger partial charge in [0, 0.05) is 82.2 Å². The first-order valence-electron chi connectivity index (χ1n) is 13.4. The summed E-state index contributed by atoms with van der Waals surface area (Å²) in [5.41, 5.74) is 0.971. The second-order valence-electron chi connectivity index (χ2n) is 10.1. The molecule has 3 heterocycles. The summed E-state index contributed by atoms with van der Waals surface area (Å²) in [5, 5.41) is 11.7. The van der Waals surface area contributed by atoms with Crippen molar-refractivity contribution in [1.29, 1.82) is 0 Å². The van der Waals surface area contributed by atoms with E-state index in [4.69, 9.17) is 11.6 Å². The highest BCUT2D eigenvalue weighted by Gasteiger charge is 2.30. The highest BCUT2D eigenvalue weighted by Crippen LogP contribution is 2.28. The van der Waals surface area contributed by atoms with Crippen LogP contribution in [0.2, 0.25) is 5.15 Å². The van der Waals surface area contributed by atoms with Crippen molar-refractivity contribution < 1.29 is 14.5 Å². The Kier molecular flexibility index (Phi) is 8.71. The van der Waals surface area contributed by atoms with E-state index in [1.165, 1.54) is 23.9 Å². The van der Waals surface area contributed by atoms with Gasteiger partial charge in [-0.1, -0.05) is 36.2 Å². The Balaban J connectivity index is 1.10. The summed E-state index contributed by atoms with van der Waals surface area (Å²) in [6.45, 7) is 5.17. The predicted octanol–water partition coefficient (Wildman–Crippen LogP) is 3.32. The number of nitrogens with zero attached hydrogens (tertiary/aromatic N) is 7. The number of rotatable bonds is 7. The van der Waals surface area contributed by atoms with E-state index < -0.39 is 4.92 Å². The van der Waals surface area contributed by atoms with Crippen LogP contribution in [-0.2, 0) is 9.59 Å². The minimum Gasteiger partial charge on any atom is -0.368 e. The van der Waals surface area contributed by atoms with Crippen molar-refractivity contribution in [2.45, 2.75) is 30.8 Å². The lowest BCUT2D eigenvalue weighted by Gasteiger charge is -2.36. The van der Waals surface area contributed by atoms with E-state index in [1.54, 1.807) is 18.2 Å². The zero-order chi connectivity index (χ0) is 27.4. The average molecular weight is 574 g/mol. The first-order valence-corrected chi connectivity index (χ1v) is 14.7. The van der Waals surface area contributed by atoms with Crippen molar-refractivity contribution in [3.05, 3.63) is 45.6 Å². The third kappa shape index (κ3) is 6.73. The van der Waals surface area contributed by atoms with Crippen molar-refractivity contribution in [1.82, 2.24) is 19.8 Å². The van der Waals surface area contributed by atoms with E-state index in [0.717, 1.165) is 37.2 Å². The number of carbonyl (C=O) groups is 2. The monoisotopic (exact) mass is 573 g/mol. The number of benzene rings is 1. The molecule has 1 aliphatic carbocycles. The summed E-state index contributed by atoms with van der Waals surface area (Å²) in [6, 6.07) is 8.22. The molecule has 13 heteroatoms. The number of halogens is 1. The Morgan fingerprint density at radius 3 is 2.18 bits per heavy atom. The molecular weight excluding hydrogens is 542 g/mol. The van der Waals surface area contributed by atoms with Crippen LogP contribution in [0, 0.1) is 16.0 Å². The molecule has 2 aromatic rings. The number of anilines is 2. The molecule has 2 amide bonds. The third-order valence-electron chi connectivity index (χ3n) is 7.66. The quantitative estimate of drug-likeness (QED) is 0.162. The summed E-state index contributed by atoms with van der Waals surface area (Å²) < 4.78 is 0. The topological polar surface area (TPSA) is 116 Å². The third-order valence-corrected chi connectivity index (χ3v) is 8.69. The Hall–Kier alpha value is -3.12. The number of thioether (sulfide) groups is 1. The number of hydrogen-bond donors (Lipinski definition) is 0. The molecule has 0 bridgehead atoms. The number of hydrogen-bond acceptors (Lipinski definition) is 9. The highest BCUT2D eigenvalue weighted by atomic mass is 35.5. The molecule has 2 saturated heterocycles. The van der Waals surface area contributed by atoms with E-state index in [-0.39, 0.29) is 29.2 Å². The van der Waals surface area contributed by atoms with Crippen molar-refractivity contribution >= 4 is 52.4 Å². The van der Waals surface area contributed by atoms with E-state index in [1.807, 2.05) is 9.80 Å². The Morgan fingerprint density at radius 1 is 0.923 bits per heavy atom. The molecule has 1 aromatic heterocycles. The van der Waals surface area contributed by atoms with Crippen LogP contribution in [0.3, 0.4) is 0 Å². The van der Waals surface area contributed by atoms with Crippen LogP contribution in [-0.4, -0.2) is 94.6 Å². The van der Waals surface area contributed by atoms with Gasteiger partial charge in [0.2, 0.25) is 11.8 Å². The number of non-ortho nitro benzene ring substituents is 1. The van der Waals surface area contributed by atoms with Gasteiger partial charge in [-0.3, -0.25) is 19.7 Å². The molecule has 1 saturated carbocycles. The number of aromatic nitrogens is 2. The van der Waals surface area contributed by atoms with Gasteiger partial charge in [-0.15, -0.1) is 0 Å². The maximum absolute atomic E-state index is 12.9. The Bertz CT molecular complexity index is 1200. The van der Waals surface area contributed by atoms with Crippen LogP contribution in [0.5, 0.6) is 0 Å². The molecule has 11 nitrogen and oxygen atoms in total. The molecule has 5 rings (SSSR count). The fourth-order valence-electron chi connectivity index (χ4n) is 5.42. The van der Waals surface area contributed by atoms with Crippen LogP contribution >= 0.6 is 23.4 Å². The van der Waals surface area contributed by atoms with Gasteiger partial charge in [0.05, 0.1) is 10.7 Å². The second kappa shape index (κ2) is 12.4. The minimum absolute atomic E-state index is 0.00696. The summed E-state index contributed by atoms with van der Waals surface area (Å²) in [6.07, 6.45) is 4.32. The smallest absolute Gasteiger partial charge is 0.269 e. The van der Waals surface area contributed by atoms with E-state index >= 15 is 0 Å². The highest BCUT2D eigenvalue weighted by molar-refractivity contribution is 7.99. The van der Waals surface area contributed by atoms with E-state index in [0.29, 0.717) is 62.7 Å². The van der Waals surface area contributed by atoms with Crippen LogP contribution in [0.4, 0.5) is 17.2 Å². The van der Waals surface area contributed by atoms with Crippen molar-refractivity contribution in [2.24, 2.45) is 5.92 Å². The number of nitro groups is 1. The van der Waals surface area contributed by atoms with Crippen LogP contribution < -0.4 is 9.80 Å². The molecule has 39 heavy (non-hydrogen) atoms. The van der Waals surface area contributed by atoms with Crippen LogP contribution in [0.1, 0.15) is 25.7 Å². The number of carbonyl (C=O) groups excluding carboxylic acids is 2. The van der Waals surface area contributed by atoms with Crippen molar-refractivity contribution in [3.63, 3.8) is 0 Å². The summed E-state index contributed by atoms with van der Waals surface area (Å²) >= 11 is 7.58. The fraction of sp³-hybridized carbons (Fsp3) is 0.538. The average Bonchev–Trinajstić information content (AvgIpc) is 3.51. The lowest BCUT2D eigenvalue weighted by atomic mass is 10.1. The molecule has 0 atom stereocenters. The molecule has 3 aliphatic rings. The molecule has 3 fully saturated rings. The normalized spacial score (nSPS) is 18.5. The van der Waals surface area contributed by atoms with E-state index in [9.17, 15) is 19.7 Å². The minimum atomic E-state index is -0.412. The van der Waals surface area contributed by atoms with Crippen LogP contribution in [0.25, 0.3) is 0 Å². The van der Waals surface area contributed by atoms with Gasteiger partial charge >= 0.3 is 0 Å². The lowest BCUT2D eigenvalue weighted by molar-refractivity contribution is -0.384. The number of nitro benzene ring substituents is 1. The molecule has 0 spiro atoms. The van der Waals surface area contributed by atoms with Gasteiger partial charge in [-0.05, 0) is 25.0 Å². The summed E-state index contributed by atoms with van der Waals surface area (Å²) in [5.74, 6) is 1.41. The van der Waals surface area contributed by atoms with Gasteiger partial charge in [-0.2, -0.15) is 0 Å². The van der Waals surface area contributed by atoms with Crippen molar-refractivity contribution in [3.8, 4) is 0 Å². The Labute approximate surface area is 236 Å². The fourth-order valence-corrected chi connectivity index (χ4v) is 6.40. The number of piperazine rings is 2. The van der Waals surface area contributed by atoms with E-state index in [2.05, 4.69) is 19.8 Å². The van der Waals surface area contributed by atoms with Gasteiger partial charge in [-0.25, -0.2) is 9.97 Å². The molecular formula is C26H32ClN7O4S. The Morgan fingerprint density at radius 2 is 1.54 bits per heavy atom. The zero-order valence-corrected chi connectivity index (χ0v) is 23.3. The largest absolute Gasteiger partial charge is 0.368 e. The molecule has 0 radical (unpaired) electrons. The summed E-state index contributed by atoms with van der Waals surface area (Å²) in [7, 11) is 0. The molecule has 1 aromatic carbocycles. The maximum atomic E-state index is 12.9. The lowest BCUT2D eigenvalue weighted by Crippen LogP contribution is -2.50. The number of amides is 2. The maximum Gasteiger partial charge on any atom is 0.269 e. The molecule has 0 unspecified atom stereocenters. The molecule has 0 N–H and O–H groups in total. The summed E-state index contributed by atoms with van der Waals surface area (Å²) in [4.78, 5) is 53.1. The zero-order valence-electron chi connectivity index (χ0n) is 21.7. The van der Waals surface area contributed by atoms with Crippen molar-refractivity contribution in [2.75, 3.05) is 67.9 Å². The van der Waals surface area contributed by atoms with Gasteiger partial charge in [0.25, 0.3) is 5.69 Å². The van der Waals surface area contributed by atoms with Crippen LogP contribution in [0.15, 0.2) is 35.5 Å².